The Bertz CT molecular complexity index is 1020. The van der Waals surface area contributed by atoms with Gasteiger partial charge in [0, 0.05) is 24.7 Å². The third-order valence-corrected chi connectivity index (χ3v) is 4.74. The predicted octanol–water partition coefficient (Wildman–Crippen LogP) is 4.66. The van der Waals surface area contributed by atoms with Crippen molar-refractivity contribution < 1.29 is 18.7 Å². The number of ether oxygens (including phenoxy) is 2. The summed E-state index contributed by atoms with van der Waals surface area (Å²) in [6.07, 6.45) is 0. The lowest BCUT2D eigenvalue weighted by molar-refractivity contribution is 0.0803. The average Bonchev–Trinajstić information content (AvgIpc) is 2.77. The van der Waals surface area contributed by atoms with Crippen molar-refractivity contribution in [2.45, 2.75) is 6.92 Å². The van der Waals surface area contributed by atoms with E-state index in [0.717, 1.165) is 11.1 Å². The van der Waals surface area contributed by atoms with Crippen LogP contribution in [0.3, 0.4) is 0 Å². The molecule has 0 N–H and O–H groups in total. The van der Waals surface area contributed by atoms with Gasteiger partial charge in [0.15, 0.2) is 11.5 Å². The molecule has 0 bridgehead atoms. The Morgan fingerprint density at radius 1 is 0.966 bits per heavy atom. The maximum Gasteiger partial charge on any atom is 0.255 e. The maximum atomic E-state index is 13.3. The Labute approximate surface area is 169 Å². The Morgan fingerprint density at radius 3 is 2.24 bits per heavy atom. The molecule has 0 aliphatic rings. The van der Waals surface area contributed by atoms with Gasteiger partial charge in [-0.1, -0.05) is 0 Å². The minimum Gasteiger partial charge on any atom is -0.493 e. The number of hydrogen-bond donors (Lipinski definition) is 0. The number of hydrogen-bond acceptors (Lipinski definition) is 4. The molecule has 0 unspecified atom stereocenters. The zero-order valence-corrected chi connectivity index (χ0v) is 16.9. The quantitative estimate of drug-likeness (QED) is 0.610. The molecule has 0 spiro atoms. The van der Waals surface area contributed by atoms with Crippen LogP contribution in [0.15, 0.2) is 54.6 Å². The summed E-state index contributed by atoms with van der Waals surface area (Å²) in [5.41, 5.74) is 3.13. The summed E-state index contributed by atoms with van der Waals surface area (Å²) >= 11 is 0. The van der Waals surface area contributed by atoms with E-state index in [9.17, 15) is 9.18 Å². The van der Waals surface area contributed by atoms with E-state index in [2.05, 4.69) is 0 Å². The highest BCUT2D eigenvalue weighted by Gasteiger charge is 2.19. The first kappa shape index (κ1) is 20.3. The molecule has 0 atom stereocenters. The molecule has 6 heteroatoms. The fraction of sp³-hybridized carbons (Fsp3) is 0.217. The van der Waals surface area contributed by atoms with Crippen LogP contribution in [0.5, 0.6) is 11.5 Å². The van der Waals surface area contributed by atoms with E-state index in [4.69, 9.17) is 14.5 Å². The first-order valence-electron chi connectivity index (χ1n) is 9.23. The molecule has 3 aromatic rings. The van der Waals surface area contributed by atoms with Gasteiger partial charge in [-0.25, -0.2) is 9.37 Å². The Morgan fingerprint density at radius 2 is 1.62 bits per heavy atom. The Balaban J connectivity index is 2.18. The molecule has 29 heavy (non-hydrogen) atoms. The fourth-order valence-electron chi connectivity index (χ4n) is 2.97. The van der Waals surface area contributed by atoms with Gasteiger partial charge in [-0.15, -0.1) is 0 Å². The monoisotopic (exact) mass is 394 g/mol. The van der Waals surface area contributed by atoms with Crippen LogP contribution >= 0.6 is 0 Å². The lowest BCUT2D eigenvalue weighted by atomic mass is 10.0. The summed E-state index contributed by atoms with van der Waals surface area (Å²) < 4.78 is 24.0. The van der Waals surface area contributed by atoms with Gasteiger partial charge < -0.3 is 14.4 Å². The molecule has 5 nitrogen and oxygen atoms in total. The molecule has 0 saturated heterocycles. The molecule has 1 aromatic heterocycles. The van der Waals surface area contributed by atoms with E-state index in [1.54, 1.807) is 62.6 Å². The smallest absolute Gasteiger partial charge is 0.255 e. The number of carbonyl (C=O) groups excluding carboxylic acids is 1. The zero-order valence-electron chi connectivity index (χ0n) is 16.9. The second-order valence-corrected chi connectivity index (χ2v) is 6.49. The van der Waals surface area contributed by atoms with E-state index in [1.807, 2.05) is 13.0 Å². The van der Waals surface area contributed by atoms with Crippen LogP contribution < -0.4 is 9.47 Å². The first-order valence-corrected chi connectivity index (χ1v) is 9.23. The number of amides is 1. The van der Waals surface area contributed by atoms with E-state index >= 15 is 0 Å². The molecule has 0 aliphatic carbocycles. The molecule has 2 aromatic carbocycles. The second-order valence-electron chi connectivity index (χ2n) is 6.49. The normalized spacial score (nSPS) is 10.5. The van der Waals surface area contributed by atoms with Crippen molar-refractivity contribution in [2.75, 3.05) is 27.8 Å². The number of carbonyl (C=O) groups is 1. The molecule has 1 heterocycles. The van der Waals surface area contributed by atoms with Crippen LogP contribution in [0, 0.1) is 5.82 Å². The van der Waals surface area contributed by atoms with Gasteiger partial charge in [-0.05, 0) is 61.5 Å². The lowest BCUT2D eigenvalue weighted by Gasteiger charge is -2.18. The molecular weight excluding hydrogens is 371 g/mol. The van der Waals surface area contributed by atoms with Crippen LogP contribution in [0.25, 0.3) is 22.5 Å². The SMILES string of the molecule is CCN(C)C(=O)c1ccc(-c2ccc(F)cc2)nc1-c1ccc(OC)c(OC)c1. The highest BCUT2D eigenvalue weighted by atomic mass is 19.1. The minimum absolute atomic E-state index is 0.129. The van der Waals surface area contributed by atoms with Crippen LogP contribution in [0.2, 0.25) is 0 Å². The fourth-order valence-corrected chi connectivity index (χ4v) is 2.97. The molecule has 0 radical (unpaired) electrons. The molecular formula is C23H23FN2O3. The third-order valence-electron chi connectivity index (χ3n) is 4.74. The summed E-state index contributed by atoms with van der Waals surface area (Å²) in [5.74, 6) is 0.686. The van der Waals surface area contributed by atoms with Crippen LogP contribution in [-0.4, -0.2) is 43.6 Å². The van der Waals surface area contributed by atoms with Crippen molar-refractivity contribution in [1.29, 1.82) is 0 Å². The molecule has 0 aliphatic heterocycles. The lowest BCUT2D eigenvalue weighted by Crippen LogP contribution is -2.27. The number of benzene rings is 2. The van der Waals surface area contributed by atoms with Crippen molar-refractivity contribution in [2.24, 2.45) is 0 Å². The van der Waals surface area contributed by atoms with Gasteiger partial charge in [0.1, 0.15) is 5.82 Å². The molecule has 0 fully saturated rings. The van der Waals surface area contributed by atoms with Crippen LogP contribution in [0.1, 0.15) is 17.3 Å². The van der Waals surface area contributed by atoms with Crippen molar-refractivity contribution in [3.63, 3.8) is 0 Å². The molecule has 3 rings (SSSR count). The van der Waals surface area contributed by atoms with E-state index in [0.29, 0.717) is 35.0 Å². The van der Waals surface area contributed by atoms with Gasteiger partial charge in [-0.2, -0.15) is 0 Å². The van der Waals surface area contributed by atoms with Crippen molar-refractivity contribution in [1.82, 2.24) is 9.88 Å². The maximum absolute atomic E-state index is 13.3. The number of nitrogens with zero attached hydrogens (tertiary/aromatic N) is 2. The summed E-state index contributed by atoms with van der Waals surface area (Å²) in [5, 5.41) is 0. The minimum atomic E-state index is -0.315. The van der Waals surface area contributed by atoms with Gasteiger partial charge in [0.2, 0.25) is 0 Å². The largest absolute Gasteiger partial charge is 0.493 e. The predicted molar refractivity (Wildman–Crippen MR) is 111 cm³/mol. The number of pyridine rings is 1. The van der Waals surface area contributed by atoms with Gasteiger partial charge >= 0.3 is 0 Å². The highest BCUT2D eigenvalue weighted by Crippen LogP contribution is 2.34. The van der Waals surface area contributed by atoms with E-state index in [-0.39, 0.29) is 11.7 Å². The standard InChI is InChI=1S/C23H23FN2O3/c1-5-26(2)23(27)18-11-12-19(15-6-9-17(24)10-7-15)25-22(18)16-8-13-20(28-3)21(14-16)29-4/h6-14H,5H2,1-4H3. The van der Waals surface area contributed by atoms with Gasteiger partial charge in [-0.3, -0.25) is 4.79 Å². The van der Waals surface area contributed by atoms with E-state index in [1.165, 1.54) is 12.1 Å². The Kier molecular flexibility index (Phi) is 6.12. The summed E-state index contributed by atoms with van der Waals surface area (Å²) in [6.45, 7) is 2.48. The third kappa shape index (κ3) is 4.21. The molecule has 0 saturated carbocycles. The van der Waals surface area contributed by atoms with E-state index < -0.39 is 0 Å². The van der Waals surface area contributed by atoms with Crippen LogP contribution in [0.4, 0.5) is 4.39 Å². The molecule has 150 valence electrons. The number of rotatable bonds is 6. The van der Waals surface area contributed by atoms with Crippen molar-refractivity contribution in [3.05, 3.63) is 66.0 Å². The van der Waals surface area contributed by atoms with Gasteiger partial charge in [0.05, 0.1) is 31.2 Å². The Hall–Kier alpha value is -3.41. The van der Waals surface area contributed by atoms with Crippen LogP contribution in [-0.2, 0) is 0 Å². The number of halogens is 1. The second kappa shape index (κ2) is 8.73. The van der Waals surface area contributed by atoms with Crippen molar-refractivity contribution >= 4 is 5.91 Å². The van der Waals surface area contributed by atoms with Crippen molar-refractivity contribution in [3.8, 4) is 34.0 Å². The number of aromatic nitrogens is 1. The topological polar surface area (TPSA) is 51.7 Å². The van der Waals surface area contributed by atoms with Gasteiger partial charge in [0.25, 0.3) is 5.91 Å². The average molecular weight is 394 g/mol. The first-order chi connectivity index (χ1) is 14.0. The summed E-state index contributed by atoms with van der Waals surface area (Å²) in [6, 6.07) is 15.0. The number of methoxy groups -OCH3 is 2. The highest BCUT2D eigenvalue weighted by molar-refractivity contribution is 6.00. The molecule has 1 amide bonds. The zero-order chi connectivity index (χ0) is 21.0. The summed E-state index contributed by atoms with van der Waals surface area (Å²) in [4.78, 5) is 19.3. The summed E-state index contributed by atoms with van der Waals surface area (Å²) in [7, 11) is 4.87.